The van der Waals surface area contributed by atoms with Crippen LogP contribution in [0.4, 0.5) is 17.8 Å². The minimum absolute atomic E-state index is 0.372. The summed E-state index contributed by atoms with van der Waals surface area (Å²) in [5, 5.41) is 3.35. The number of hydrogen-bond acceptors (Lipinski definition) is 7. The summed E-state index contributed by atoms with van der Waals surface area (Å²) in [5.74, 6) is 7.18. The summed E-state index contributed by atoms with van der Waals surface area (Å²) < 4.78 is 0. The molecule has 1 aromatic heterocycles. The summed E-state index contributed by atoms with van der Waals surface area (Å²) in [5.41, 5.74) is 2.53. The second-order valence-corrected chi connectivity index (χ2v) is 5.13. The molecule has 0 bridgehead atoms. The second kappa shape index (κ2) is 7.23. The fraction of sp³-hybridized carbons (Fsp3) is 0.769. The Hall–Kier alpha value is -1.63. The van der Waals surface area contributed by atoms with Crippen molar-refractivity contribution in [1.29, 1.82) is 0 Å². The van der Waals surface area contributed by atoms with E-state index in [2.05, 4.69) is 44.4 Å². The first kappa shape index (κ1) is 14.8. The van der Waals surface area contributed by atoms with Crippen LogP contribution in [0.15, 0.2) is 0 Å². The highest BCUT2D eigenvalue weighted by Gasteiger charge is 2.16. The lowest BCUT2D eigenvalue weighted by Gasteiger charge is -2.27. The van der Waals surface area contributed by atoms with Gasteiger partial charge in [-0.05, 0) is 32.1 Å². The fourth-order valence-corrected chi connectivity index (χ4v) is 2.40. The van der Waals surface area contributed by atoms with Crippen LogP contribution in [0, 0.1) is 0 Å². The van der Waals surface area contributed by atoms with Gasteiger partial charge in [-0.3, -0.25) is 5.43 Å². The molecule has 0 atom stereocenters. The Morgan fingerprint density at radius 2 is 1.70 bits per heavy atom. The maximum absolute atomic E-state index is 5.46. The number of nitrogen functional groups attached to an aromatic ring is 1. The van der Waals surface area contributed by atoms with Crippen LogP contribution in [0.2, 0.25) is 0 Å². The quantitative estimate of drug-likeness (QED) is 0.539. The highest BCUT2D eigenvalue weighted by atomic mass is 15.4. The molecule has 0 spiro atoms. The highest BCUT2D eigenvalue weighted by Crippen LogP contribution is 2.19. The van der Waals surface area contributed by atoms with Crippen molar-refractivity contribution in [1.82, 2.24) is 15.0 Å². The lowest BCUT2D eigenvalue weighted by atomic mass is 10.1. The molecular weight excluding hydrogens is 254 g/mol. The lowest BCUT2D eigenvalue weighted by molar-refractivity contribution is 0.567. The van der Waals surface area contributed by atoms with E-state index in [0.29, 0.717) is 23.9 Å². The first-order valence-corrected chi connectivity index (χ1v) is 7.51. The largest absolute Gasteiger partial charge is 0.351 e. The Morgan fingerprint density at radius 3 is 2.30 bits per heavy atom. The standard InChI is InChI=1S/C13H25N7/c1-3-10(4-2)15-11-16-12(19-14)18-13(17-11)20-8-6-5-7-9-20/h10H,3-9,14H2,1-2H3,(H2,15,16,17,18,19). The van der Waals surface area contributed by atoms with Crippen LogP contribution < -0.4 is 21.5 Å². The van der Waals surface area contributed by atoms with Crippen molar-refractivity contribution in [3.05, 3.63) is 0 Å². The van der Waals surface area contributed by atoms with Crippen LogP contribution in [0.25, 0.3) is 0 Å². The van der Waals surface area contributed by atoms with E-state index in [1.165, 1.54) is 19.3 Å². The van der Waals surface area contributed by atoms with Crippen LogP contribution in [0.3, 0.4) is 0 Å². The normalized spacial score (nSPS) is 15.5. The van der Waals surface area contributed by atoms with E-state index in [-0.39, 0.29) is 0 Å². The number of nitrogens with zero attached hydrogens (tertiary/aromatic N) is 4. The Bertz CT molecular complexity index is 413. The predicted molar refractivity (Wildman–Crippen MR) is 81.7 cm³/mol. The molecule has 112 valence electrons. The summed E-state index contributed by atoms with van der Waals surface area (Å²) in [7, 11) is 0. The number of aromatic nitrogens is 3. The van der Waals surface area contributed by atoms with Gasteiger partial charge in [-0.2, -0.15) is 15.0 Å². The third-order valence-electron chi connectivity index (χ3n) is 3.71. The van der Waals surface area contributed by atoms with E-state index in [0.717, 1.165) is 25.9 Å². The van der Waals surface area contributed by atoms with Gasteiger partial charge in [-0.15, -0.1) is 0 Å². The molecule has 2 rings (SSSR count). The molecule has 1 aliphatic heterocycles. The second-order valence-electron chi connectivity index (χ2n) is 5.13. The molecular formula is C13H25N7. The van der Waals surface area contributed by atoms with Crippen molar-refractivity contribution in [2.45, 2.75) is 52.0 Å². The van der Waals surface area contributed by atoms with E-state index in [1.54, 1.807) is 0 Å². The van der Waals surface area contributed by atoms with Crippen molar-refractivity contribution in [3.63, 3.8) is 0 Å². The molecule has 0 saturated carbocycles. The summed E-state index contributed by atoms with van der Waals surface area (Å²) in [6.07, 6.45) is 5.72. The maximum Gasteiger partial charge on any atom is 0.243 e. The molecule has 2 heterocycles. The topological polar surface area (TPSA) is 92.0 Å². The Kier molecular flexibility index (Phi) is 5.34. The molecule has 1 fully saturated rings. The first-order chi connectivity index (χ1) is 9.76. The molecule has 7 nitrogen and oxygen atoms in total. The van der Waals surface area contributed by atoms with Gasteiger partial charge in [0.1, 0.15) is 0 Å². The fourth-order valence-electron chi connectivity index (χ4n) is 2.40. The van der Waals surface area contributed by atoms with E-state index >= 15 is 0 Å². The number of rotatable bonds is 6. The Labute approximate surface area is 120 Å². The van der Waals surface area contributed by atoms with E-state index in [4.69, 9.17) is 5.84 Å². The number of nitrogens with two attached hydrogens (primary N) is 1. The van der Waals surface area contributed by atoms with Crippen LogP contribution in [-0.4, -0.2) is 34.1 Å². The van der Waals surface area contributed by atoms with Gasteiger partial charge < -0.3 is 10.2 Å². The van der Waals surface area contributed by atoms with Gasteiger partial charge in [0.25, 0.3) is 0 Å². The zero-order valence-electron chi connectivity index (χ0n) is 12.4. The van der Waals surface area contributed by atoms with Gasteiger partial charge in [0.05, 0.1) is 0 Å². The van der Waals surface area contributed by atoms with Gasteiger partial charge >= 0.3 is 0 Å². The molecule has 0 aromatic carbocycles. The first-order valence-electron chi connectivity index (χ1n) is 7.51. The predicted octanol–water partition coefficient (Wildman–Crippen LogP) is 1.75. The van der Waals surface area contributed by atoms with Crippen LogP contribution in [0.5, 0.6) is 0 Å². The molecule has 1 aliphatic rings. The third kappa shape index (κ3) is 3.69. The van der Waals surface area contributed by atoms with Gasteiger partial charge in [-0.25, -0.2) is 5.84 Å². The van der Waals surface area contributed by atoms with Crippen LogP contribution >= 0.6 is 0 Å². The number of nitrogens with one attached hydrogen (secondary N) is 2. The Balaban J connectivity index is 2.18. The number of hydrazine groups is 1. The smallest absolute Gasteiger partial charge is 0.243 e. The maximum atomic E-state index is 5.46. The monoisotopic (exact) mass is 279 g/mol. The van der Waals surface area contributed by atoms with Gasteiger partial charge in [0, 0.05) is 19.1 Å². The van der Waals surface area contributed by atoms with Gasteiger partial charge in [0.2, 0.25) is 17.8 Å². The highest BCUT2D eigenvalue weighted by molar-refractivity contribution is 5.43. The Morgan fingerprint density at radius 1 is 1.05 bits per heavy atom. The SMILES string of the molecule is CCC(CC)Nc1nc(NN)nc(N2CCCCC2)n1. The molecule has 0 amide bonds. The molecule has 20 heavy (non-hydrogen) atoms. The van der Waals surface area contributed by atoms with Crippen molar-refractivity contribution in [2.75, 3.05) is 28.7 Å². The molecule has 1 saturated heterocycles. The van der Waals surface area contributed by atoms with Gasteiger partial charge in [0.15, 0.2) is 0 Å². The van der Waals surface area contributed by atoms with Crippen molar-refractivity contribution in [3.8, 4) is 0 Å². The molecule has 4 N–H and O–H groups in total. The lowest BCUT2D eigenvalue weighted by Crippen LogP contribution is -2.32. The molecule has 0 aliphatic carbocycles. The summed E-state index contributed by atoms with van der Waals surface area (Å²) in [4.78, 5) is 15.4. The van der Waals surface area contributed by atoms with Gasteiger partial charge in [-0.1, -0.05) is 13.8 Å². The van der Waals surface area contributed by atoms with Crippen molar-refractivity contribution >= 4 is 17.8 Å². The third-order valence-corrected chi connectivity index (χ3v) is 3.71. The van der Waals surface area contributed by atoms with Crippen molar-refractivity contribution < 1.29 is 0 Å². The van der Waals surface area contributed by atoms with E-state index in [9.17, 15) is 0 Å². The zero-order valence-corrected chi connectivity index (χ0v) is 12.4. The van der Waals surface area contributed by atoms with E-state index < -0.39 is 0 Å². The molecule has 7 heteroatoms. The summed E-state index contributed by atoms with van der Waals surface area (Å²) >= 11 is 0. The van der Waals surface area contributed by atoms with E-state index in [1.807, 2.05) is 0 Å². The minimum atomic E-state index is 0.372. The number of anilines is 3. The average molecular weight is 279 g/mol. The van der Waals surface area contributed by atoms with Crippen LogP contribution in [-0.2, 0) is 0 Å². The zero-order chi connectivity index (χ0) is 14.4. The van der Waals surface area contributed by atoms with Crippen LogP contribution in [0.1, 0.15) is 46.0 Å². The molecule has 1 aromatic rings. The number of piperidine rings is 1. The average Bonchev–Trinajstić information content (AvgIpc) is 2.53. The minimum Gasteiger partial charge on any atom is -0.351 e. The number of hydrogen-bond donors (Lipinski definition) is 3. The van der Waals surface area contributed by atoms with Crippen molar-refractivity contribution in [2.24, 2.45) is 5.84 Å². The molecule has 0 radical (unpaired) electrons. The summed E-state index contributed by atoms with van der Waals surface area (Å²) in [6, 6.07) is 0.372. The molecule has 0 unspecified atom stereocenters. The summed E-state index contributed by atoms with van der Waals surface area (Å²) in [6.45, 7) is 6.29.